The first-order chi connectivity index (χ1) is 6.85. The number of carbonyl (C=O) groups excluding carboxylic acids is 2. The smallest absolute Gasteiger partial charge is 0.309 e. The molecule has 1 N–H and O–H groups in total. The molecule has 0 saturated carbocycles. The van der Waals surface area contributed by atoms with Gasteiger partial charge in [0.25, 0.3) is 0 Å². The van der Waals surface area contributed by atoms with Crippen molar-refractivity contribution in [1.29, 1.82) is 0 Å². The van der Waals surface area contributed by atoms with Crippen LogP contribution in [-0.2, 0) is 9.59 Å². The Kier molecular flexibility index (Phi) is 5.06. The molecule has 84 valence electrons. The molecule has 0 unspecified atom stereocenters. The normalized spacial score (nSPS) is 12.7. The number of hydrogen-bond acceptors (Lipinski definition) is 6. The summed E-state index contributed by atoms with van der Waals surface area (Å²) >= 11 is 0.562. The van der Waals surface area contributed by atoms with Gasteiger partial charge >= 0.3 is 5.91 Å². The van der Waals surface area contributed by atoms with Gasteiger partial charge in [-0.05, 0) is 13.8 Å². The van der Waals surface area contributed by atoms with Crippen molar-refractivity contribution in [2.45, 2.75) is 31.6 Å². The molecule has 0 spiro atoms. The highest BCUT2D eigenvalue weighted by atomic mass is 32.2. The van der Waals surface area contributed by atoms with Gasteiger partial charge in [-0.15, -0.1) is 9.81 Å². The molecule has 15 heavy (non-hydrogen) atoms. The largest absolute Gasteiger partial charge is 0.343 e. The van der Waals surface area contributed by atoms with E-state index in [-0.39, 0.29) is 0 Å². The van der Waals surface area contributed by atoms with Crippen LogP contribution < -0.4 is 5.32 Å². The summed E-state index contributed by atoms with van der Waals surface area (Å²) in [5.74, 6) is -1.53. The third kappa shape index (κ3) is 4.15. The van der Waals surface area contributed by atoms with Crippen molar-refractivity contribution in [1.82, 2.24) is 5.32 Å². The molecule has 0 aliphatic carbocycles. The molecule has 2 amide bonds. The summed E-state index contributed by atoms with van der Waals surface area (Å²) in [6, 6.07) is -1.16. The SMILES string of the molecule is CC(=O)N[C@@H](C(=O)N=O)C(C)(C)SN=O. The number of hydrogen-bond donors (Lipinski definition) is 1. The number of nitrogens with one attached hydrogen (secondary N) is 1. The third-order valence-electron chi connectivity index (χ3n) is 1.65. The van der Waals surface area contributed by atoms with E-state index >= 15 is 0 Å². The van der Waals surface area contributed by atoms with Crippen LogP contribution in [-0.4, -0.2) is 22.6 Å². The van der Waals surface area contributed by atoms with Crippen LogP contribution in [0.15, 0.2) is 9.76 Å². The Morgan fingerprint density at radius 2 is 1.87 bits per heavy atom. The average molecular weight is 233 g/mol. The van der Waals surface area contributed by atoms with E-state index in [1.165, 1.54) is 20.8 Å². The van der Waals surface area contributed by atoms with E-state index < -0.39 is 22.6 Å². The molecule has 0 saturated heterocycles. The second-order valence-corrected chi connectivity index (χ2v) is 4.72. The third-order valence-corrected chi connectivity index (χ3v) is 2.43. The fourth-order valence-corrected chi connectivity index (χ4v) is 1.39. The van der Waals surface area contributed by atoms with Crippen molar-refractivity contribution < 1.29 is 9.59 Å². The van der Waals surface area contributed by atoms with Crippen molar-refractivity contribution in [2.24, 2.45) is 9.76 Å². The van der Waals surface area contributed by atoms with Crippen LogP contribution in [0.3, 0.4) is 0 Å². The van der Waals surface area contributed by atoms with Crippen LogP contribution >= 0.6 is 11.9 Å². The summed E-state index contributed by atoms with van der Waals surface area (Å²) in [6.45, 7) is 4.20. The molecular formula is C7H11N3O4S. The second kappa shape index (κ2) is 5.54. The van der Waals surface area contributed by atoms with E-state index in [1.807, 2.05) is 0 Å². The summed E-state index contributed by atoms with van der Waals surface area (Å²) in [7, 11) is 0. The highest BCUT2D eigenvalue weighted by Gasteiger charge is 2.38. The van der Waals surface area contributed by atoms with Crippen LogP contribution in [0.4, 0.5) is 0 Å². The molecular weight excluding hydrogens is 222 g/mol. The van der Waals surface area contributed by atoms with E-state index in [1.54, 1.807) is 0 Å². The van der Waals surface area contributed by atoms with E-state index in [9.17, 15) is 19.4 Å². The quantitative estimate of drug-likeness (QED) is 0.562. The zero-order valence-corrected chi connectivity index (χ0v) is 9.33. The summed E-state index contributed by atoms with van der Waals surface area (Å²) in [5, 5.41) is 4.48. The maximum atomic E-state index is 11.1. The molecule has 0 heterocycles. The molecule has 1 atom stereocenters. The van der Waals surface area contributed by atoms with Gasteiger partial charge in [0.15, 0.2) is 0 Å². The van der Waals surface area contributed by atoms with Crippen LogP contribution in [0, 0.1) is 9.81 Å². The standard InChI is InChI=1S/C7H11N3O4S/c1-4(11)8-5(6(12)9-13)7(2,3)15-10-14/h5H,1-3H3,(H,8,11)/t5-/m0/s1. The Hall–Kier alpha value is -1.31. The van der Waals surface area contributed by atoms with Crippen molar-refractivity contribution in [3.05, 3.63) is 9.81 Å². The molecule has 0 aromatic rings. The Morgan fingerprint density at radius 3 is 2.20 bits per heavy atom. The summed E-state index contributed by atoms with van der Waals surface area (Å²) in [4.78, 5) is 42.1. The molecule has 0 aromatic heterocycles. The van der Waals surface area contributed by atoms with Crippen molar-refractivity contribution in [3.63, 3.8) is 0 Å². The summed E-state index contributed by atoms with van der Waals surface area (Å²) in [5.41, 5.74) is 0. The van der Waals surface area contributed by atoms with E-state index in [2.05, 4.69) is 15.1 Å². The lowest BCUT2D eigenvalue weighted by Gasteiger charge is -2.27. The predicted octanol–water partition coefficient (Wildman–Crippen LogP) is 0.977. The fraction of sp³-hybridized carbons (Fsp3) is 0.714. The Bertz CT molecular complexity index is 292. The lowest BCUT2D eigenvalue weighted by atomic mass is 10.0. The lowest BCUT2D eigenvalue weighted by molar-refractivity contribution is -0.126. The zero-order valence-electron chi connectivity index (χ0n) is 8.51. The van der Waals surface area contributed by atoms with E-state index in [0.717, 1.165) is 0 Å². The number of carbonyl (C=O) groups is 2. The summed E-state index contributed by atoms with van der Waals surface area (Å²) < 4.78 is 1.56. The van der Waals surface area contributed by atoms with Crippen LogP contribution in [0.5, 0.6) is 0 Å². The van der Waals surface area contributed by atoms with Gasteiger partial charge in [-0.3, -0.25) is 9.59 Å². The Balaban J connectivity index is 4.90. The van der Waals surface area contributed by atoms with Crippen molar-refractivity contribution >= 4 is 23.8 Å². The fourth-order valence-electron chi connectivity index (χ4n) is 0.938. The van der Waals surface area contributed by atoms with Gasteiger partial charge in [0.1, 0.15) is 6.04 Å². The maximum absolute atomic E-state index is 11.1. The number of amides is 2. The minimum absolute atomic E-state index is 0.489. The summed E-state index contributed by atoms with van der Waals surface area (Å²) in [6.07, 6.45) is 0. The van der Waals surface area contributed by atoms with E-state index in [4.69, 9.17) is 0 Å². The first kappa shape index (κ1) is 13.7. The van der Waals surface area contributed by atoms with Crippen molar-refractivity contribution in [3.8, 4) is 0 Å². The van der Waals surface area contributed by atoms with Crippen molar-refractivity contribution in [2.75, 3.05) is 0 Å². The van der Waals surface area contributed by atoms with Gasteiger partial charge in [-0.1, -0.05) is 0 Å². The number of nitrogens with zero attached hydrogens (tertiary/aromatic N) is 2. The minimum Gasteiger partial charge on any atom is -0.343 e. The molecule has 0 fully saturated rings. The molecule has 0 aliphatic heterocycles. The highest BCUT2D eigenvalue weighted by molar-refractivity contribution is 7.99. The second-order valence-electron chi connectivity index (χ2n) is 3.33. The first-order valence-electron chi connectivity index (χ1n) is 4.00. The van der Waals surface area contributed by atoms with Gasteiger partial charge in [0.05, 0.1) is 4.75 Å². The molecule has 0 bridgehead atoms. The zero-order chi connectivity index (χ0) is 12.1. The van der Waals surface area contributed by atoms with Crippen LogP contribution in [0.25, 0.3) is 0 Å². The van der Waals surface area contributed by atoms with Gasteiger partial charge in [-0.25, -0.2) is 0 Å². The molecule has 0 aromatic carbocycles. The molecule has 0 aliphatic rings. The average Bonchev–Trinajstić information content (AvgIpc) is 2.12. The lowest BCUT2D eigenvalue weighted by Crippen LogP contribution is -2.51. The highest BCUT2D eigenvalue weighted by Crippen LogP contribution is 2.29. The molecule has 8 heteroatoms. The maximum Gasteiger partial charge on any atom is 0.309 e. The predicted molar refractivity (Wildman–Crippen MR) is 55.9 cm³/mol. The first-order valence-corrected chi connectivity index (χ1v) is 4.77. The molecule has 7 nitrogen and oxygen atoms in total. The van der Waals surface area contributed by atoms with Gasteiger partial charge < -0.3 is 5.32 Å². The number of rotatable bonds is 5. The monoisotopic (exact) mass is 233 g/mol. The van der Waals surface area contributed by atoms with Gasteiger partial charge in [0.2, 0.25) is 5.91 Å². The van der Waals surface area contributed by atoms with E-state index in [0.29, 0.717) is 11.9 Å². The minimum atomic E-state index is -1.16. The topological polar surface area (TPSA) is 105 Å². The molecule has 0 rings (SSSR count). The molecule has 0 radical (unpaired) electrons. The number of nitroso groups, excluding NO2 is 2. The Labute approximate surface area is 90.4 Å². The van der Waals surface area contributed by atoms with Gasteiger partial charge in [0, 0.05) is 28.6 Å². The van der Waals surface area contributed by atoms with Gasteiger partial charge in [-0.2, -0.15) is 0 Å². The van der Waals surface area contributed by atoms with Crippen LogP contribution in [0.1, 0.15) is 20.8 Å². The Morgan fingerprint density at radius 1 is 1.33 bits per heavy atom. The van der Waals surface area contributed by atoms with Crippen LogP contribution in [0.2, 0.25) is 0 Å².